The van der Waals surface area contributed by atoms with Crippen molar-refractivity contribution in [1.82, 2.24) is 3.97 Å². The van der Waals surface area contributed by atoms with Crippen LogP contribution in [-0.2, 0) is 10.0 Å². The van der Waals surface area contributed by atoms with Gasteiger partial charge in [-0.05, 0) is 47.5 Å². The van der Waals surface area contributed by atoms with Gasteiger partial charge in [-0.25, -0.2) is 12.4 Å². The molecule has 0 radical (unpaired) electrons. The highest BCUT2D eigenvalue weighted by Crippen LogP contribution is 2.33. The Hall–Kier alpha value is -2.37. The molecule has 0 saturated carbocycles. The van der Waals surface area contributed by atoms with E-state index in [0.29, 0.717) is 10.4 Å². The lowest BCUT2D eigenvalue weighted by Gasteiger charge is -2.07. The minimum atomic E-state index is -3.63. The van der Waals surface area contributed by atoms with Gasteiger partial charge >= 0.3 is 0 Å². The molecule has 0 atom stereocenters. The number of aromatic nitrogens is 1. The van der Waals surface area contributed by atoms with E-state index in [1.165, 1.54) is 3.97 Å². The number of nitrogens with zero attached hydrogens (tertiary/aromatic N) is 1. The molecule has 120 valence electrons. The van der Waals surface area contributed by atoms with Crippen LogP contribution in [0.25, 0.3) is 22.0 Å². The van der Waals surface area contributed by atoms with Crippen molar-refractivity contribution in [2.45, 2.75) is 11.8 Å². The van der Waals surface area contributed by atoms with Crippen molar-refractivity contribution in [3.8, 4) is 11.1 Å². The molecule has 2 aromatic carbocycles. The van der Waals surface area contributed by atoms with Crippen LogP contribution in [0, 0.1) is 6.92 Å². The summed E-state index contributed by atoms with van der Waals surface area (Å²) in [5.74, 6) is 0. The van der Waals surface area contributed by atoms with Crippen molar-refractivity contribution in [2.75, 3.05) is 0 Å². The summed E-state index contributed by atoms with van der Waals surface area (Å²) in [6.45, 7) is 1.94. The van der Waals surface area contributed by atoms with Gasteiger partial charge in [0.15, 0.2) is 0 Å². The van der Waals surface area contributed by atoms with Gasteiger partial charge in [0.2, 0.25) is 0 Å². The monoisotopic (exact) mass is 353 g/mol. The minimum absolute atomic E-state index is 0.297. The maximum absolute atomic E-state index is 13.1. The largest absolute Gasteiger partial charge is 0.268 e. The van der Waals surface area contributed by atoms with E-state index in [2.05, 4.69) is 0 Å². The molecule has 3 nitrogen and oxygen atoms in total. The third-order valence-corrected chi connectivity index (χ3v) is 6.46. The van der Waals surface area contributed by atoms with Gasteiger partial charge < -0.3 is 0 Å². The molecule has 2 heterocycles. The van der Waals surface area contributed by atoms with Crippen molar-refractivity contribution in [3.05, 3.63) is 77.1 Å². The predicted octanol–water partition coefficient (Wildman–Crippen LogP) is 4.92. The topological polar surface area (TPSA) is 39.1 Å². The van der Waals surface area contributed by atoms with Crippen molar-refractivity contribution >= 4 is 32.3 Å². The normalized spacial score (nSPS) is 11.9. The van der Waals surface area contributed by atoms with E-state index in [9.17, 15) is 8.42 Å². The van der Waals surface area contributed by atoms with Crippen molar-refractivity contribution < 1.29 is 8.42 Å². The van der Waals surface area contributed by atoms with Crippen LogP contribution < -0.4 is 0 Å². The highest BCUT2D eigenvalue weighted by atomic mass is 32.2. The standard InChI is InChI=1S/C19H15NO2S2/c1-14-6-8-16(9-7-14)24(21,22)20-12-18(15-10-11-23-13-15)17-4-2-3-5-19(17)20/h2-13H,1H3. The lowest BCUT2D eigenvalue weighted by molar-refractivity contribution is 0.589. The maximum atomic E-state index is 13.1. The Labute approximate surface area is 144 Å². The molecule has 0 N–H and O–H groups in total. The van der Waals surface area contributed by atoms with Gasteiger partial charge in [-0.15, -0.1) is 0 Å². The molecule has 4 rings (SSSR count). The first kappa shape index (κ1) is 15.2. The molecule has 0 bridgehead atoms. The van der Waals surface area contributed by atoms with Crippen molar-refractivity contribution in [3.63, 3.8) is 0 Å². The van der Waals surface area contributed by atoms with E-state index in [4.69, 9.17) is 0 Å². The van der Waals surface area contributed by atoms with E-state index in [1.54, 1.807) is 29.7 Å². The van der Waals surface area contributed by atoms with Gasteiger partial charge in [0.1, 0.15) is 0 Å². The first-order valence-corrected chi connectivity index (χ1v) is 9.90. The van der Waals surface area contributed by atoms with Crippen molar-refractivity contribution in [1.29, 1.82) is 0 Å². The zero-order valence-corrected chi connectivity index (χ0v) is 14.6. The third-order valence-electron chi connectivity index (χ3n) is 4.09. The van der Waals surface area contributed by atoms with E-state index < -0.39 is 10.0 Å². The summed E-state index contributed by atoms with van der Waals surface area (Å²) in [4.78, 5) is 0.297. The molecule has 4 aromatic rings. The molecule has 2 aromatic heterocycles. The fraction of sp³-hybridized carbons (Fsp3) is 0.0526. The molecule has 0 fully saturated rings. The second kappa shape index (κ2) is 5.61. The second-order valence-electron chi connectivity index (χ2n) is 5.69. The van der Waals surface area contributed by atoms with Crippen molar-refractivity contribution in [2.24, 2.45) is 0 Å². The number of aryl methyl sites for hydroxylation is 1. The van der Waals surface area contributed by atoms with E-state index in [0.717, 1.165) is 22.1 Å². The lowest BCUT2D eigenvalue weighted by Crippen LogP contribution is -2.11. The highest BCUT2D eigenvalue weighted by Gasteiger charge is 2.21. The van der Waals surface area contributed by atoms with E-state index in [-0.39, 0.29) is 0 Å². The summed E-state index contributed by atoms with van der Waals surface area (Å²) in [6, 6.07) is 16.6. The summed E-state index contributed by atoms with van der Waals surface area (Å²) in [5, 5.41) is 4.96. The Morgan fingerprint density at radius 3 is 2.42 bits per heavy atom. The number of rotatable bonds is 3. The van der Waals surface area contributed by atoms with Crippen LogP contribution >= 0.6 is 11.3 Å². The van der Waals surface area contributed by atoms with Crippen LogP contribution in [0.4, 0.5) is 0 Å². The van der Waals surface area contributed by atoms with Gasteiger partial charge in [0.25, 0.3) is 10.0 Å². The Morgan fingerprint density at radius 1 is 0.958 bits per heavy atom. The zero-order valence-electron chi connectivity index (χ0n) is 13.0. The molecule has 24 heavy (non-hydrogen) atoms. The molecule has 0 aliphatic rings. The molecule has 0 unspecified atom stereocenters. The number of thiophene rings is 1. The molecule has 0 aliphatic carbocycles. The quantitative estimate of drug-likeness (QED) is 0.525. The summed E-state index contributed by atoms with van der Waals surface area (Å²) >= 11 is 1.60. The van der Waals surface area contributed by atoms with Gasteiger partial charge in [-0.2, -0.15) is 11.3 Å². The maximum Gasteiger partial charge on any atom is 0.268 e. The summed E-state index contributed by atoms with van der Waals surface area (Å²) in [6.07, 6.45) is 1.72. The number of hydrogen-bond donors (Lipinski definition) is 0. The van der Waals surface area contributed by atoms with Crippen LogP contribution in [0.5, 0.6) is 0 Å². The van der Waals surface area contributed by atoms with Crippen LogP contribution in [0.1, 0.15) is 5.56 Å². The first-order valence-electron chi connectivity index (χ1n) is 7.52. The number of para-hydroxylation sites is 1. The first-order chi connectivity index (χ1) is 11.6. The average Bonchev–Trinajstić information content (AvgIpc) is 3.23. The van der Waals surface area contributed by atoms with Gasteiger partial charge in [-0.3, -0.25) is 0 Å². The van der Waals surface area contributed by atoms with Crippen LogP contribution in [0.15, 0.2) is 76.4 Å². The van der Waals surface area contributed by atoms with Crippen LogP contribution in [0.3, 0.4) is 0 Å². The second-order valence-corrected chi connectivity index (χ2v) is 8.28. The Bertz CT molecular complexity index is 1110. The summed E-state index contributed by atoms with van der Waals surface area (Å²) in [5.41, 5.74) is 3.70. The average molecular weight is 353 g/mol. The molecule has 0 spiro atoms. The fourth-order valence-electron chi connectivity index (χ4n) is 2.82. The Balaban J connectivity index is 1.99. The highest BCUT2D eigenvalue weighted by molar-refractivity contribution is 7.90. The van der Waals surface area contributed by atoms with Crippen LogP contribution in [0.2, 0.25) is 0 Å². The molecule has 0 amide bonds. The van der Waals surface area contributed by atoms with E-state index >= 15 is 0 Å². The van der Waals surface area contributed by atoms with Gasteiger partial charge in [0.05, 0.1) is 10.4 Å². The van der Waals surface area contributed by atoms with E-state index in [1.807, 2.05) is 60.1 Å². The minimum Gasteiger partial charge on any atom is -0.241 e. The molecular formula is C19H15NO2S2. The van der Waals surface area contributed by atoms with Gasteiger partial charge in [-0.1, -0.05) is 35.9 Å². The lowest BCUT2D eigenvalue weighted by atomic mass is 10.1. The Morgan fingerprint density at radius 2 is 1.71 bits per heavy atom. The zero-order chi connectivity index (χ0) is 16.7. The smallest absolute Gasteiger partial charge is 0.241 e. The molecule has 0 aliphatic heterocycles. The van der Waals surface area contributed by atoms with Gasteiger partial charge in [0, 0.05) is 17.1 Å². The summed E-state index contributed by atoms with van der Waals surface area (Å²) < 4.78 is 27.6. The number of benzene rings is 2. The molecular weight excluding hydrogens is 338 g/mol. The number of hydrogen-bond acceptors (Lipinski definition) is 3. The predicted molar refractivity (Wildman–Crippen MR) is 99.0 cm³/mol. The van der Waals surface area contributed by atoms with Crippen LogP contribution in [-0.4, -0.2) is 12.4 Å². The third kappa shape index (κ3) is 2.37. The Kier molecular flexibility index (Phi) is 3.55. The molecule has 0 saturated heterocycles. The SMILES string of the molecule is Cc1ccc(S(=O)(=O)n2cc(-c3ccsc3)c3ccccc32)cc1. The fourth-order valence-corrected chi connectivity index (χ4v) is 4.85. The summed E-state index contributed by atoms with van der Waals surface area (Å²) in [7, 11) is -3.63. The molecule has 5 heteroatoms. The number of fused-ring (bicyclic) bond motifs is 1.